The highest BCUT2D eigenvalue weighted by molar-refractivity contribution is 6.39. The summed E-state index contributed by atoms with van der Waals surface area (Å²) < 4.78 is 11.1. The van der Waals surface area contributed by atoms with Crippen LogP contribution in [-0.4, -0.2) is 31.1 Å². The van der Waals surface area contributed by atoms with Gasteiger partial charge in [0.25, 0.3) is 11.8 Å². The first-order valence-corrected chi connectivity index (χ1v) is 9.74. The number of nitrogens with one attached hydrogen (secondary N) is 1. The van der Waals surface area contributed by atoms with Crippen molar-refractivity contribution in [1.29, 1.82) is 0 Å². The van der Waals surface area contributed by atoms with E-state index in [-0.39, 0.29) is 5.57 Å². The van der Waals surface area contributed by atoms with Crippen molar-refractivity contribution in [1.82, 2.24) is 5.32 Å². The number of hydrogen-bond acceptors (Lipinski definition) is 5. The van der Waals surface area contributed by atoms with Gasteiger partial charge in [0.2, 0.25) is 0 Å². The van der Waals surface area contributed by atoms with E-state index in [1.54, 1.807) is 30.3 Å². The monoisotopic (exact) mass is 408 g/mol. The van der Waals surface area contributed by atoms with E-state index in [1.165, 1.54) is 6.08 Å². The van der Waals surface area contributed by atoms with Gasteiger partial charge in [-0.05, 0) is 69.2 Å². The molecule has 7 heteroatoms. The summed E-state index contributed by atoms with van der Waals surface area (Å²) in [6, 6.07) is 9.61. The van der Waals surface area contributed by atoms with Crippen LogP contribution in [0, 0.1) is 13.8 Å². The third-order valence-corrected chi connectivity index (χ3v) is 4.75. The molecule has 1 N–H and O–H groups in total. The third-order valence-electron chi connectivity index (χ3n) is 4.75. The molecule has 0 spiro atoms. The normalized spacial score (nSPS) is 15.4. The second-order valence-electron chi connectivity index (χ2n) is 6.79. The van der Waals surface area contributed by atoms with Gasteiger partial charge in [0.15, 0.2) is 0 Å². The quantitative estimate of drug-likeness (QED) is 0.581. The molecular formula is C23H24N2O5. The molecule has 4 amide bonds. The highest BCUT2D eigenvalue weighted by atomic mass is 16.5. The van der Waals surface area contributed by atoms with E-state index in [2.05, 4.69) is 5.32 Å². The number of ether oxygens (including phenoxy) is 2. The summed E-state index contributed by atoms with van der Waals surface area (Å²) >= 11 is 0. The Bertz CT molecular complexity index is 1040. The molecule has 1 aliphatic rings. The first kappa shape index (κ1) is 21.1. The van der Waals surface area contributed by atoms with E-state index in [9.17, 15) is 14.4 Å². The van der Waals surface area contributed by atoms with Crippen LogP contribution in [0.15, 0.2) is 42.0 Å². The molecular weight excluding hydrogens is 384 g/mol. The molecule has 156 valence electrons. The first-order valence-electron chi connectivity index (χ1n) is 9.74. The summed E-state index contributed by atoms with van der Waals surface area (Å²) in [5, 5.41) is 2.24. The zero-order valence-corrected chi connectivity index (χ0v) is 17.4. The highest BCUT2D eigenvalue weighted by Crippen LogP contribution is 2.29. The predicted molar refractivity (Wildman–Crippen MR) is 114 cm³/mol. The highest BCUT2D eigenvalue weighted by Gasteiger charge is 2.37. The van der Waals surface area contributed by atoms with Gasteiger partial charge in [-0.25, -0.2) is 9.69 Å². The molecule has 1 fully saturated rings. The van der Waals surface area contributed by atoms with Crippen LogP contribution in [-0.2, 0) is 9.59 Å². The molecule has 1 heterocycles. The van der Waals surface area contributed by atoms with Crippen molar-refractivity contribution >= 4 is 29.6 Å². The topological polar surface area (TPSA) is 84.9 Å². The fourth-order valence-corrected chi connectivity index (χ4v) is 3.08. The molecule has 3 rings (SSSR count). The number of carbonyl (C=O) groups is 3. The van der Waals surface area contributed by atoms with Gasteiger partial charge in [0.05, 0.1) is 18.9 Å². The van der Waals surface area contributed by atoms with Crippen molar-refractivity contribution in [2.75, 3.05) is 18.1 Å². The molecule has 7 nitrogen and oxygen atoms in total. The number of nitrogens with zero attached hydrogens (tertiary/aromatic N) is 1. The van der Waals surface area contributed by atoms with E-state index in [4.69, 9.17) is 9.47 Å². The van der Waals surface area contributed by atoms with Gasteiger partial charge in [-0.3, -0.25) is 14.9 Å². The number of amides is 4. The minimum atomic E-state index is -0.776. The van der Waals surface area contributed by atoms with E-state index >= 15 is 0 Å². The second kappa shape index (κ2) is 8.82. The van der Waals surface area contributed by atoms with Crippen LogP contribution >= 0.6 is 0 Å². The lowest BCUT2D eigenvalue weighted by molar-refractivity contribution is -0.122. The molecule has 2 aromatic rings. The Labute approximate surface area is 175 Å². The number of barbiturate groups is 1. The van der Waals surface area contributed by atoms with Crippen LogP contribution in [0.3, 0.4) is 0 Å². The Morgan fingerprint density at radius 3 is 2.33 bits per heavy atom. The minimum Gasteiger partial charge on any atom is -0.494 e. The van der Waals surface area contributed by atoms with Crippen LogP contribution in [0.2, 0.25) is 0 Å². The molecule has 0 aromatic heterocycles. The van der Waals surface area contributed by atoms with E-state index in [1.807, 2.05) is 33.8 Å². The fraction of sp³-hybridized carbons (Fsp3) is 0.261. The van der Waals surface area contributed by atoms with E-state index in [0.717, 1.165) is 16.0 Å². The molecule has 0 unspecified atom stereocenters. The maximum atomic E-state index is 13.1. The van der Waals surface area contributed by atoms with Gasteiger partial charge in [-0.2, -0.15) is 0 Å². The summed E-state index contributed by atoms with van der Waals surface area (Å²) in [4.78, 5) is 38.9. The van der Waals surface area contributed by atoms with Crippen LogP contribution in [0.5, 0.6) is 11.5 Å². The summed E-state index contributed by atoms with van der Waals surface area (Å²) in [5.74, 6) is -0.342. The van der Waals surface area contributed by atoms with Crippen LogP contribution in [0.25, 0.3) is 6.08 Å². The van der Waals surface area contributed by atoms with E-state index < -0.39 is 17.8 Å². The SMILES string of the molecule is CCOc1ccc(/C=C2/C(=O)NC(=O)N(c3ccc(C)c(C)c3)C2=O)c(OCC)c1. The van der Waals surface area contributed by atoms with Crippen molar-refractivity contribution < 1.29 is 23.9 Å². The molecule has 1 aliphatic heterocycles. The summed E-state index contributed by atoms with van der Waals surface area (Å²) in [6.07, 6.45) is 1.43. The molecule has 0 radical (unpaired) electrons. The predicted octanol–water partition coefficient (Wildman–Crippen LogP) is 3.77. The lowest BCUT2D eigenvalue weighted by Gasteiger charge is -2.27. The minimum absolute atomic E-state index is 0.155. The maximum absolute atomic E-state index is 13.1. The molecule has 30 heavy (non-hydrogen) atoms. The van der Waals surface area contributed by atoms with Gasteiger partial charge in [-0.1, -0.05) is 6.07 Å². The second-order valence-corrected chi connectivity index (χ2v) is 6.79. The number of imide groups is 2. The summed E-state index contributed by atoms with van der Waals surface area (Å²) in [7, 11) is 0. The van der Waals surface area contributed by atoms with Gasteiger partial charge >= 0.3 is 6.03 Å². The van der Waals surface area contributed by atoms with Gasteiger partial charge in [0.1, 0.15) is 17.1 Å². The zero-order chi connectivity index (χ0) is 21.8. The van der Waals surface area contributed by atoms with Crippen molar-refractivity contribution in [3.8, 4) is 11.5 Å². The van der Waals surface area contributed by atoms with Gasteiger partial charge in [-0.15, -0.1) is 0 Å². The Morgan fingerprint density at radius 2 is 1.67 bits per heavy atom. The Morgan fingerprint density at radius 1 is 0.933 bits per heavy atom. The van der Waals surface area contributed by atoms with Crippen LogP contribution in [0.4, 0.5) is 10.5 Å². The standard InChI is InChI=1S/C23H24N2O5/c1-5-29-18-10-8-16(20(13-18)30-6-2)12-19-21(26)24-23(28)25(22(19)27)17-9-7-14(3)15(4)11-17/h7-13H,5-6H2,1-4H3,(H,24,26,28)/b19-12-. The fourth-order valence-electron chi connectivity index (χ4n) is 3.08. The van der Waals surface area contributed by atoms with Crippen molar-refractivity contribution in [2.24, 2.45) is 0 Å². The number of aryl methyl sites for hydroxylation is 2. The molecule has 1 saturated heterocycles. The largest absolute Gasteiger partial charge is 0.494 e. The number of benzene rings is 2. The number of anilines is 1. The van der Waals surface area contributed by atoms with Gasteiger partial charge in [0, 0.05) is 11.6 Å². The summed E-state index contributed by atoms with van der Waals surface area (Å²) in [5.41, 5.74) is 2.74. The Kier molecular flexibility index (Phi) is 6.20. The van der Waals surface area contributed by atoms with Crippen molar-refractivity contribution in [3.05, 3.63) is 58.7 Å². The van der Waals surface area contributed by atoms with E-state index in [0.29, 0.717) is 36.0 Å². The van der Waals surface area contributed by atoms with Crippen molar-refractivity contribution in [2.45, 2.75) is 27.7 Å². The molecule has 0 atom stereocenters. The first-order chi connectivity index (χ1) is 14.3. The summed E-state index contributed by atoms with van der Waals surface area (Å²) in [6.45, 7) is 8.44. The molecule has 0 saturated carbocycles. The lowest BCUT2D eigenvalue weighted by Crippen LogP contribution is -2.54. The third kappa shape index (κ3) is 4.20. The van der Waals surface area contributed by atoms with Gasteiger partial charge < -0.3 is 9.47 Å². The Balaban J connectivity index is 2.03. The maximum Gasteiger partial charge on any atom is 0.335 e. The number of hydrogen-bond donors (Lipinski definition) is 1. The van der Waals surface area contributed by atoms with Crippen LogP contribution in [0.1, 0.15) is 30.5 Å². The molecule has 0 aliphatic carbocycles. The smallest absolute Gasteiger partial charge is 0.335 e. The average molecular weight is 408 g/mol. The zero-order valence-electron chi connectivity index (χ0n) is 17.4. The Hall–Kier alpha value is -3.61. The lowest BCUT2D eigenvalue weighted by atomic mass is 10.0. The van der Waals surface area contributed by atoms with Crippen LogP contribution < -0.4 is 19.7 Å². The number of rotatable bonds is 6. The van der Waals surface area contributed by atoms with Crippen molar-refractivity contribution in [3.63, 3.8) is 0 Å². The molecule has 0 bridgehead atoms. The number of urea groups is 1. The number of carbonyl (C=O) groups excluding carboxylic acids is 3. The average Bonchev–Trinajstić information content (AvgIpc) is 2.69. The molecule has 2 aromatic carbocycles.